The molecule has 156 valence electrons. The molecule has 2 N–H and O–H groups in total. The van der Waals surface area contributed by atoms with Gasteiger partial charge in [-0.1, -0.05) is 25.4 Å². The zero-order chi connectivity index (χ0) is 18.0. The van der Waals surface area contributed by atoms with E-state index in [-0.39, 0.29) is 42.7 Å². The number of nitrogens with two attached hydrogens (primary N) is 1. The van der Waals surface area contributed by atoms with Crippen LogP contribution in [0.25, 0.3) is 0 Å². The van der Waals surface area contributed by atoms with Gasteiger partial charge in [-0.25, -0.2) is 0 Å². The van der Waals surface area contributed by atoms with Crippen molar-refractivity contribution in [1.82, 2.24) is 19.9 Å². The quantitative estimate of drug-likeness (QED) is 0.758. The summed E-state index contributed by atoms with van der Waals surface area (Å²) in [6, 6.07) is 0.556. The Morgan fingerprint density at radius 2 is 2.07 bits per heavy atom. The number of carbonyl (C=O) groups excluding carboxylic acids is 1. The maximum Gasteiger partial charge on any atom is 0.229 e. The highest BCUT2D eigenvalue weighted by Crippen LogP contribution is 2.28. The van der Waals surface area contributed by atoms with Crippen molar-refractivity contribution in [2.24, 2.45) is 11.7 Å². The lowest BCUT2D eigenvalue weighted by Crippen LogP contribution is -2.38. The Morgan fingerprint density at radius 1 is 1.33 bits per heavy atom. The summed E-state index contributed by atoms with van der Waals surface area (Å²) in [4.78, 5) is 21.2. The zero-order valence-electron chi connectivity index (χ0n) is 16.5. The van der Waals surface area contributed by atoms with E-state index >= 15 is 0 Å². The lowest BCUT2D eigenvalue weighted by Gasteiger charge is -2.24. The van der Waals surface area contributed by atoms with Crippen molar-refractivity contribution in [2.45, 2.75) is 70.5 Å². The Kier molecular flexibility index (Phi) is 9.48. The normalized spacial score (nSPS) is 25.0. The van der Waals surface area contributed by atoms with Gasteiger partial charge in [-0.2, -0.15) is 4.98 Å². The molecular formula is C18H33Cl2N5O2. The third kappa shape index (κ3) is 6.04. The average molecular weight is 422 g/mol. The lowest BCUT2D eigenvalue weighted by atomic mass is 9.99. The fourth-order valence-corrected chi connectivity index (χ4v) is 3.92. The van der Waals surface area contributed by atoms with Gasteiger partial charge in [-0.05, 0) is 32.2 Å². The molecule has 0 aromatic carbocycles. The van der Waals surface area contributed by atoms with Crippen molar-refractivity contribution in [3.63, 3.8) is 0 Å². The largest absolute Gasteiger partial charge is 0.341 e. The molecule has 1 saturated heterocycles. The number of carbonyl (C=O) groups is 1. The van der Waals surface area contributed by atoms with Gasteiger partial charge in [0, 0.05) is 37.5 Å². The van der Waals surface area contributed by atoms with Crippen molar-refractivity contribution in [2.75, 3.05) is 20.1 Å². The second-order valence-corrected chi connectivity index (χ2v) is 7.96. The van der Waals surface area contributed by atoms with E-state index < -0.39 is 0 Å². The van der Waals surface area contributed by atoms with E-state index in [0.717, 1.165) is 38.8 Å². The highest BCUT2D eigenvalue weighted by molar-refractivity contribution is 5.85. The summed E-state index contributed by atoms with van der Waals surface area (Å²) >= 11 is 0. The Morgan fingerprint density at radius 3 is 2.67 bits per heavy atom. The zero-order valence-corrected chi connectivity index (χ0v) is 18.1. The number of rotatable bonds is 6. The van der Waals surface area contributed by atoms with Gasteiger partial charge in [0.05, 0.1) is 6.54 Å². The van der Waals surface area contributed by atoms with Crippen molar-refractivity contribution in [1.29, 1.82) is 0 Å². The summed E-state index contributed by atoms with van der Waals surface area (Å²) in [6.45, 7) is 6.34. The van der Waals surface area contributed by atoms with E-state index in [2.05, 4.69) is 22.1 Å². The molecule has 27 heavy (non-hydrogen) atoms. The first kappa shape index (κ1) is 24.1. The van der Waals surface area contributed by atoms with Crippen LogP contribution in [-0.4, -0.2) is 58.1 Å². The molecular weight excluding hydrogens is 389 g/mol. The van der Waals surface area contributed by atoms with Gasteiger partial charge >= 0.3 is 0 Å². The van der Waals surface area contributed by atoms with Crippen LogP contribution in [0.3, 0.4) is 0 Å². The Bertz CT molecular complexity index is 598. The van der Waals surface area contributed by atoms with Gasteiger partial charge in [0.15, 0.2) is 5.82 Å². The topological polar surface area (TPSA) is 88.5 Å². The highest BCUT2D eigenvalue weighted by atomic mass is 35.5. The van der Waals surface area contributed by atoms with E-state index in [1.807, 2.05) is 18.7 Å². The van der Waals surface area contributed by atoms with Crippen LogP contribution in [0.4, 0.5) is 0 Å². The van der Waals surface area contributed by atoms with Gasteiger partial charge in [0.25, 0.3) is 0 Å². The molecule has 2 heterocycles. The van der Waals surface area contributed by atoms with Crippen molar-refractivity contribution >= 4 is 30.7 Å². The molecule has 1 unspecified atom stereocenters. The molecule has 3 atom stereocenters. The van der Waals surface area contributed by atoms with Crippen LogP contribution in [-0.2, 0) is 11.3 Å². The number of halogens is 2. The van der Waals surface area contributed by atoms with E-state index in [1.165, 1.54) is 0 Å². The number of aromatic nitrogens is 2. The van der Waals surface area contributed by atoms with Gasteiger partial charge in [0.1, 0.15) is 0 Å². The fourth-order valence-electron chi connectivity index (χ4n) is 3.92. The van der Waals surface area contributed by atoms with Crippen molar-refractivity contribution < 1.29 is 9.32 Å². The first-order valence-electron chi connectivity index (χ1n) is 9.50. The summed E-state index contributed by atoms with van der Waals surface area (Å²) in [5.74, 6) is 2.28. The van der Waals surface area contributed by atoms with Gasteiger partial charge < -0.3 is 15.2 Å². The molecule has 2 aliphatic rings. The first-order valence-corrected chi connectivity index (χ1v) is 9.50. The Balaban J connectivity index is 0.00000182. The molecule has 7 nitrogen and oxygen atoms in total. The third-order valence-corrected chi connectivity index (χ3v) is 5.66. The predicted molar refractivity (Wildman–Crippen MR) is 109 cm³/mol. The Labute approximate surface area is 174 Å². The summed E-state index contributed by atoms with van der Waals surface area (Å²) in [7, 11) is 2.07. The third-order valence-electron chi connectivity index (χ3n) is 5.66. The molecule has 1 saturated carbocycles. The van der Waals surface area contributed by atoms with Crippen LogP contribution in [0.2, 0.25) is 0 Å². The lowest BCUT2D eigenvalue weighted by molar-refractivity contribution is -0.131. The SMILES string of the molecule is CC(C)c1nc(CN(C)C2CCN(C(=O)C[C@@H]3CCC[C@H]3N)C2)no1.Cl.Cl. The maximum absolute atomic E-state index is 12.6. The molecule has 1 aliphatic carbocycles. The summed E-state index contributed by atoms with van der Waals surface area (Å²) < 4.78 is 5.27. The van der Waals surface area contributed by atoms with Crippen LogP contribution in [0.15, 0.2) is 4.52 Å². The summed E-state index contributed by atoms with van der Waals surface area (Å²) in [5, 5.41) is 4.06. The molecule has 1 amide bonds. The molecule has 0 spiro atoms. The Hall–Kier alpha value is -0.890. The summed E-state index contributed by atoms with van der Waals surface area (Å²) in [6.07, 6.45) is 4.92. The van der Waals surface area contributed by atoms with Crippen molar-refractivity contribution in [3.8, 4) is 0 Å². The minimum atomic E-state index is 0. The fraction of sp³-hybridized carbons (Fsp3) is 0.833. The standard InChI is InChI=1S/C18H31N5O2.2ClH/c1-12(2)18-20-16(21-25-18)11-22(3)14-7-8-23(10-14)17(24)9-13-5-4-6-15(13)19;;/h12-15H,4-11,19H2,1-3H3;2*1H/t13-,14?,15+;;/m0../s1. The van der Waals surface area contributed by atoms with E-state index in [4.69, 9.17) is 10.3 Å². The maximum atomic E-state index is 12.6. The first-order chi connectivity index (χ1) is 11.9. The van der Waals surface area contributed by atoms with Crippen LogP contribution >= 0.6 is 24.8 Å². The number of likely N-dealkylation sites (tertiary alicyclic amines) is 1. The van der Waals surface area contributed by atoms with Crippen molar-refractivity contribution in [3.05, 3.63) is 11.7 Å². The molecule has 9 heteroatoms. The predicted octanol–water partition coefficient (Wildman–Crippen LogP) is 2.59. The highest BCUT2D eigenvalue weighted by Gasteiger charge is 2.32. The number of nitrogens with zero attached hydrogens (tertiary/aromatic N) is 4. The molecule has 1 aliphatic heterocycles. The van der Waals surface area contributed by atoms with Gasteiger partial charge in [0.2, 0.25) is 11.8 Å². The number of amides is 1. The minimum Gasteiger partial charge on any atom is -0.341 e. The van der Waals surface area contributed by atoms with Crippen LogP contribution in [0, 0.1) is 5.92 Å². The average Bonchev–Trinajstić information content (AvgIpc) is 3.28. The number of hydrogen-bond acceptors (Lipinski definition) is 6. The molecule has 0 bridgehead atoms. The van der Waals surface area contributed by atoms with Gasteiger partial charge in [-0.3, -0.25) is 9.69 Å². The van der Waals surface area contributed by atoms with Crippen LogP contribution < -0.4 is 5.73 Å². The van der Waals surface area contributed by atoms with Gasteiger partial charge in [-0.15, -0.1) is 24.8 Å². The monoisotopic (exact) mass is 421 g/mol. The number of hydrogen-bond donors (Lipinski definition) is 1. The number of likely N-dealkylation sites (N-methyl/N-ethyl adjacent to an activating group) is 1. The second-order valence-electron chi connectivity index (χ2n) is 7.96. The van der Waals surface area contributed by atoms with E-state index in [0.29, 0.717) is 36.6 Å². The molecule has 1 aromatic rings. The molecule has 1 aromatic heterocycles. The van der Waals surface area contributed by atoms with E-state index in [1.54, 1.807) is 0 Å². The van der Waals surface area contributed by atoms with E-state index in [9.17, 15) is 4.79 Å². The second kappa shape index (κ2) is 10.6. The summed E-state index contributed by atoms with van der Waals surface area (Å²) in [5.41, 5.74) is 6.11. The molecule has 2 fully saturated rings. The molecule has 3 rings (SSSR count). The smallest absolute Gasteiger partial charge is 0.229 e. The minimum absolute atomic E-state index is 0. The van der Waals surface area contributed by atoms with Crippen LogP contribution in [0.5, 0.6) is 0 Å². The molecule has 0 radical (unpaired) electrons. The van der Waals surface area contributed by atoms with Crippen LogP contribution in [0.1, 0.15) is 63.6 Å².